The molecule has 1 aromatic carbocycles. The van der Waals surface area contributed by atoms with E-state index in [0.717, 1.165) is 27.3 Å². The van der Waals surface area contributed by atoms with Gasteiger partial charge in [-0.3, -0.25) is 0 Å². The zero-order valence-electron chi connectivity index (χ0n) is 10.1. The zero-order chi connectivity index (χ0) is 12.6. The van der Waals surface area contributed by atoms with E-state index in [2.05, 4.69) is 0 Å². The van der Waals surface area contributed by atoms with E-state index in [-0.39, 0.29) is 10.5 Å². The van der Waals surface area contributed by atoms with Gasteiger partial charge in [0, 0.05) is 11.6 Å². The van der Waals surface area contributed by atoms with Crippen molar-refractivity contribution in [3.8, 4) is 5.75 Å². The molecule has 0 atom stereocenters. The third-order valence-corrected chi connectivity index (χ3v) is 3.17. The summed E-state index contributed by atoms with van der Waals surface area (Å²) >= 11 is 1.07. The number of methoxy groups -OCH3 is 1. The molecule has 17 heavy (non-hydrogen) atoms. The molecule has 0 saturated heterocycles. The molecule has 0 saturated carbocycles. The maximum atomic E-state index is 11.2. The van der Waals surface area contributed by atoms with Crippen molar-refractivity contribution in [2.24, 2.45) is 5.73 Å². The van der Waals surface area contributed by atoms with Crippen molar-refractivity contribution in [2.75, 3.05) is 7.11 Å². The van der Waals surface area contributed by atoms with Crippen LogP contribution in [0.15, 0.2) is 21.3 Å². The third-order valence-electron chi connectivity index (χ3n) is 2.38. The van der Waals surface area contributed by atoms with Crippen molar-refractivity contribution >= 4 is 21.6 Å². The molecule has 0 aliphatic heterocycles. The van der Waals surface area contributed by atoms with Crippen LogP contribution in [-0.2, 0) is 6.42 Å². The van der Waals surface area contributed by atoms with Crippen LogP contribution in [0.1, 0.15) is 19.4 Å². The molecule has 2 N–H and O–H groups in total. The Bertz CT molecular complexity index is 592. The second-order valence-corrected chi connectivity index (χ2v) is 5.71. The minimum absolute atomic E-state index is 0.300. The van der Waals surface area contributed by atoms with Gasteiger partial charge in [-0.15, -0.1) is 0 Å². The Morgan fingerprint density at radius 1 is 1.47 bits per heavy atom. The molecular weight excluding hydrogens is 238 g/mol. The number of fused-ring (bicyclic) bond motifs is 1. The van der Waals surface area contributed by atoms with E-state index in [4.69, 9.17) is 14.9 Å². The highest BCUT2D eigenvalue weighted by atomic mass is 32.1. The van der Waals surface area contributed by atoms with Crippen LogP contribution in [0.3, 0.4) is 0 Å². The average molecular weight is 253 g/mol. The van der Waals surface area contributed by atoms with Crippen molar-refractivity contribution in [3.05, 3.63) is 27.4 Å². The molecule has 2 rings (SSSR count). The third kappa shape index (κ3) is 2.68. The van der Waals surface area contributed by atoms with Gasteiger partial charge in [-0.25, -0.2) is 4.79 Å². The minimum Gasteiger partial charge on any atom is -0.496 e. The monoisotopic (exact) mass is 253 g/mol. The van der Waals surface area contributed by atoms with E-state index in [1.54, 1.807) is 7.11 Å². The van der Waals surface area contributed by atoms with E-state index < -0.39 is 0 Å². The van der Waals surface area contributed by atoms with E-state index in [1.807, 2.05) is 26.0 Å². The van der Waals surface area contributed by atoms with Crippen LogP contribution >= 0.6 is 11.3 Å². The van der Waals surface area contributed by atoms with E-state index in [9.17, 15) is 4.79 Å². The van der Waals surface area contributed by atoms with Gasteiger partial charge in [0.15, 0.2) is 0 Å². The van der Waals surface area contributed by atoms with Gasteiger partial charge in [0.05, 0.1) is 11.8 Å². The van der Waals surface area contributed by atoms with Crippen molar-refractivity contribution < 1.29 is 9.15 Å². The maximum absolute atomic E-state index is 11.2. The van der Waals surface area contributed by atoms with Crippen LogP contribution in [0.25, 0.3) is 10.3 Å². The Morgan fingerprint density at radius 3 is 2.76 bits per heavy atom. The Balaban J connectivity index is 2.56. The Labute approximate surface area is 103 Å². The predicted octanol–water partition coefficient (Wildman–Crippen LogP) is 2.14. The molecule has 0 radical (unpaired) electrons. The highest BCUT2D eigenvalue weighted by Gasteiger charge is 2.17. The SMILES string of the molecule is COc1cc2sc(=O)oc2cc1CC(C)(C)N. The van der Waals surface area contributed by atoms with Crippen molar-refractivity contribution in [1.29, 1.82) is 0 Å². The molecule has 0 aliphatic rings. The molecule has 0 unspecified atom stereocenters. The summed E-state index contributed by atoms with van der Waals surface area (Å²) in [5, 5.41) is 0. The van der Waals surface area contributed by atoms with Crippen LogP contribution in [0.4, 0.5) is 0 Å². The van der Waals surface area contributed by atoms with Gasteiger partial charge in [-0.2, -0.15) is 0 Å². The van der Waals surface area contributed by atoms with Crippen LogP contribution in [-0.4, -0.2) is 12.6 Å². The van der Waals surface area contributed by atoms with Crippen LogP contribution < -0.4 is 15.4 Å². The van der Waals surface area contributed by atoms with E-state index in [0.29, 0.717) is 12.0 Å². The summed E-state index contributed by atoms with van der Waals surface area (Å²) in [6.07, 6.45) is 0.658. The summed E-state index contributed by atoms with van der Waals surface area (Å²) in [7, 11) is 1.61. The van der Waals surface area contributed by atoms with E-state index >= 15 is 0 Å². The Morgan fingerprint density at radius 2 is 2.18 bits per heavy atom. The summed E-state index contributed by atoms with van der Waals surface area (Å²) in [5.41, 5.74) is 7.21. The first-order valence-electron chi connectivity index (χ1n) is 5.28. The smallest absolute Gasteiger partial charge is 0.396 e. The first-order chi connectivity index (χ1) is 7.89. The Hall–Kier alpha value is -1.33. The lowest BCUT2D eigenvalue weighted by Gasteiger charge is -2.19. The summed E-state index contributed by atoms with van der Waals surface area (Å²) < 4.78 is 11.2. The molecular formula is C12H15NO3S. The highest BCUT2D eigenvalue weighted by molar-refractivity contribution is 7.16. The summed E-state index contributed by atoms with van der Waals surface area (Å²) in [6.45, 7) is 3.89. The normalized spacial score (nSPS) is 12.0. The first-order valence-corrected chi connectivity index (χ1v) is 6.10. The fourth-order valence-electron chi connectivity index (χ4n) is 1.76. The molecule has 0 fully saturated rings. The van der Waals surface area contributed by atoms with Crippen molar-refractivity contribution in [1.82, 2.24) is 0 Å². The molecule has 1 heterocycles. The number of benzene rings is 1. The standard InChI is InChI=1S/C12H15NO3S/c1-12(2,13)6-7-4-9-10(5-8(7)15-3)17-11(14)16-9/h4-5H,6,13H2,1-3H3. The maximum Gasteiger partial charge on any atom is 0.396 e. The van der Waals surface area contributed by atoms with Crippen molar-refractivity contribution in [2.45, 2.75) is 25.8 Å². The van der Waals surface area contributed by atoms with Crippen LogP contribution in [0.2, 0.25) is 0 Å². The van der Waals surface area contributed by atoms with Crippen LogP contribution in [0, 0.1) is 0 Å². The lowest BCUT2D eigenvalue weighted by atomic mass is 9.95. The largest absolute Gasteiger partial charge is 0.496 e. The molecule has 0 aliphatic carbocycles. The predicted molar refractivity (Wildman–Crippen MR) is 68.9 cm³/mol. The van der Waals surface area contributed by atoms with Gasteiger partial charge in [-0.05, 0) is 31.9 Å². The quantitative estimate of drug-likeness (QED) is 0.910. The fourth-order valence-corrected chi connectivity index (χ4v) is 2.44. The number of hydrogen-bond donors (Lipinski definition) is 1. The molecule has 0 amide bonds. The molecule has 0 bridgehead atoms. The highest BCUT2D eigenvalue weighted by Crippen LogP contribution is 2.29. The van der Waals surface area contributed by atoms with Gasteiger partial charge in [0.2, 0.25) is 0 Å². The second-order valence-electron chi connectivity index (χ2n) is 4.73. The molecule has 5 heteroatoms. The van der Waals surface area contributed by atoms with Gasteiger partial charge < -0.3 is 14.9 Å². The first kappa shape index (κ1) is 12.1. The van der Waals surface area contributed by atoms with Crippen LogP contribution in [0.5, 0.6) is 5.75 Å². The molecule has 2 aromatic rings. The van der Waals surface area contributed by atoms with Gasteiger partial charge in [-0.1, -0.05) is 11.3 Å². The molecule has 92 valence electrons. The molecule has 1 aromatic heterocycles. The van der Waals surface area contributed by atoms with Gasteiger partial charge >= 0.3 is 4.94 Å². The summed E-state index contributed by atoms with van der Waals surface area (Å²) in [4.78, 5) is 10.9. The fraction of sp³-hybridized carbons (Fsp3) is 0.417. The average Bonchev–Trinajstić information content (AvgIpc) is 2.53. The zero-order valence-corrected chi connectivity index (χ0v) is 10.9. The van der Waals surface area contributed by atoms with E-state index in [1.165, 1.54) is 0 Å². The molecule has 4 nitrogen and oxygen atoms in total. The minimum atomic E-state index is -0.336. The lowest BCUT2D eigenvalue weighted by Crippen LogP contribution is -2.34. The second kappa shape index (κ2) is 4.16. The number of rotatable bonds is 3. The number of nitrogens with two attached hydrogens (primary N) is 1. The van der Waals surface area contributed by atoms with Gasteiger partial charge in [0.25, 0.3) is 0 Å². The van der Waals surface area contributed by atoms with Crippen molar-refractivity contribution in [3.63, 3.8) is 0 Å². The summed E-state index contributed by atoms with van der Waals surface area (Å²) in [6, 6.07) is 3.66. The topological polar surface area (TPSA) is 65.5 Å². The summed E-state index contributed by atoms with van der Waals surface area (Å²) in [5.74, 6) is 0.744. The lowest BCUT2D eigenvalue weighted by molar-refractivity contribution is 0.402. The number of hydrogen-bond acceptors (Lipinski definition) is 5. The Kier molecular flexibility index (Phi) is 2.97. The van der Waals surface area contributed by atoms with Gasteiger partial charge in [0.1, 0.15) is 11.3 Å². The number of ether oxygens (including phenoxy) is 1. The molecule has 0 spiro atoms.